The second kappa shape index (κ2) is 7.34. The zero-order chi connectivity index (χ0) is 17.1. The average Bonchev–Trinajstić information content (AvgIpc) is 2.81. The second-order valence-electron chi connectivity index (χ2n) is 4.98. The van der Waals surface area contributed by atoms with Gasteiger partial charge >= 0.3 is 0 Å². The summed E-state index contributed by atoms with van der Waals surface area (Å²) in [4.78, 5) is 14.4. The van der Waals surface area contributed by atoms with Crippen molar-refractivity contribution in [2.45, 2.75) is 0 Å². The van der Waals surface area contributed by atoms with E-state index in [4.69, 9.17) is 23.8 Å². The highest BCUT2D eigenvalue weighted by Crippen LogP contribution is 2.32. The van der Waals surface area contributed by atoms with Gasteiger partial charge in [0.15, 0.2) is 0 Å². The standard InChI is InChI=1S/C17H12ClFN2OS2/c18-13-6-1-2-7-14(13)20-10-21-16(22)15(24-17(21)23)9-11-4-3-5-12(19)8-11/h1-9,20H,10H2. The first-order chi connectivity index (χ1) is 11.5. The molecule has 1 aliphatic heterocycles. The number of benzene rings is 2. The number of amides is 1. The van der Waals surface area contributed by atoms with Crippen molar-refractivity contribution < 1.29 is 9.18 Å². The summed E-state index contributed by atoms with van der Waals surface area (Å²) in [6, 6.07) is 13.3. The van der Waals surface area contributed by atoms with Gasteiger partial charge in [0, 0.05) is 0 Å². The summed E-state index contributed by atoms with van der Waals surface area (Å²) in [6.45, 7) is 0.217. The van der Waals surface area contributed by atoms with Crippen molar-refractivity contribution in [3.05, 3.63) is 69.8 Å². The number of rotatable bonds is 4. The third-order valence-electron chi connectivity index (χ3n) is 3.32. The number of nitrogens with one attached hydrogen (secondary N) is 1. The lowest BCUT2D eigenvalue weighted by molar-refractivity contribution is -0.121. The van der Waals surface area contributed by atoms with E-state index >= 15 is 0 Å². The van der Waals surface area contributed by atoms with Crippen molar-refractivity contribution in [2.24, 2.45) is 0 Å². The van der Waals surface area contributed by atoms with E-state index in [9.17, 15) is 9.18 Å². The molecule has 0 unspecified atom stereocenters. The van der Waals surface area contributed by atoms with Crippen LogP contribution in [-0.2, 0) is 4.79 Å². The van der Waals surface area contributed by atoms with Crippen molar-refractivity contribution in [3.8, 4) is 0 Å². The molecule has 1 saturated heterocycles. The molecule has 3 rings (SSSR count). The number of nitrogens with zero attached hydrogens (tertiary/aromatic N) is 1. The summed E-state index contributed by atoms with van der Waals surface area (Å²) < 4.78 is 13.7. The number of carbonyl (C=O) groups excluding carboxylic acids is 1. The molecule has 1 amide bonds. The molecule has 7 heteroatoms. The van der Waals surface area contributed by atoms with E-state index < -0.39 is 0 Å². The summed E-state index contributed by atoms with van der Waals surface area (Å²) in [7, 11) is 0. The van der Waals surface area contributed by atoms with Crippen molar-refractivity contribution in [1.29, 1.82) is 0 Å². The predicted octanol–water partition coefficient (Wildman–Crippen LogP) is 4.75. The lowest BCUT2D eigenvalue weighted by Gasteiger charge is -2.16. The van der Waals surface area contributed by atoms with Gasteiger partial charge in [0.05, 0.1) is 22.3 Å². The zero-order valence-corrected chi connectivity index (χ0v) is 14.7. The van der Waals surface area contributed by atoms with Crippen molar-refractivity contribution in [1.82, 2.24) is 4.90 Å². The summed E-state index contributed by atoms with van der Waals surface area (Å²) >= 11 is 12.5. The summed E-state index contributed by atoms with van der Waals surface area (Å²) in [5.41, 5.74) is 1.34. The van der Waals surface area contributed by atoms with Gasteiger partial charge in [0.25, 0.3) is 5.91 Å². The Balaban J connectivity index is 1.73. The molecule has 122 valence electrons. The molecule has 0 radical (unpaired) electrons. The fourth-order valence-electron chi connectivity index (χ4n) is 2.15. The van der Waals surface area contributed by atoms with E-state index in [2.05, 4.69) is 5.32 Å². The van der Waals surface area contributed by atoms with Crippen LogP contribution in [0.5, 0.6) is 0 Å². The molecule has 1 aliphatic rings. The minimum atomic E-state index is -0.348. The number of halogens is 2. The highest BCUT2D eigenvalue weighted by Gasteiger charge is 2.31. The fourth-order valence-corrected chi connectivity index (χ4v) is 3.61. The Bertz CT molecular complexity index is 841. The predicted molar refractivity (Wildman–Crippen MR) is 101 cm³/mol. The lowest BCUT2D eigenvalue weighted by Crippen LogP contribution is -2.33. The van der Waals surface area contributed by atoms with E-state index in [0.29, 0.717) is 19.8 Å². The maximum atomic E-state index is 13.3. The first-order valence-corrected chi connectivity index (χ1v) is 8.64. The number of carbonyl (C=O) groups is 1. The molecule has 0 aliphatic carbocycles. The molecule has 1 N–H and O–H groups in total. The Hall–Kier alpha value is -1.89. The molecule has 0 atom stereocenters. The molecule has 3 nitrogen and oxygen atoms in total. The van der Waals surface area contributed by atoms with Crippen LogP contribution >= 0.6 is 35.6 Å². The fraction of sp³-hybridized carbons (Fsp3) is 0.0588. The van der Waals surface area contributed by atoms with Crippen LogP contribution in [0.15, 0.2) is 53.4 Å². The largest absolute Gasteiger partial charge is 0.366 e. The number of anilines is 1. The minimum Gasteiger partial charge on any atom is -0.366 e. The number of thioether (sulfide) groups is 1. The van der Waals surface area contributed by atoms with Gasteiger partial charge in [-0.3, -0.25) is 9.69 Å². The number of hydrogen-bond acceptors (Lipinski definition) is 4. The molecule has 0 spiro atoms. The van der Waals surface area contributed by atoms with Gasteiger partial charge in [-0.05, 0) is 35.9 Å². The van der Waals surface area contributed by atoms with Crippen LogP contribution in [0, 0.1) is 5.82 Å². The number of para-hydroxylation sites is 1. The van der Waals surface area contributed by atoms with Crippen molar-refractivity contribution in [3.63, 3.8) is 0 Å². The van der Waals surface area contributed by atoms with Crippen LogP contribution in [0.25, 0.3) is 6.08 Å². The van der Waals surface area contributed by atoms with Gasteiger partial charge in [0.1, 0.15) is 10.1 Å². The highest BCUT2D eigenvalue weighted by atomic mass is 35.5. The number of hydrogen-bond donors (Lipinski definition) is 1. The quantitative estimate of drug-likeness (QED) is 0.614. The minimum absolute atomic E-state index is 0.214. The van der Waals surface area contributed by atoms with Crippen LogP contribution in [0.2, 0.25) is 5.02 Å². The first-order valence-electron chi connectivity index (χ1n) is 7.04. The van der Waals surface area contributed by atoms with Crippen molar-refractivity contribution >= 4 is 57.6 Å². The highest BCUT2D eigenvalue weighted by molar-refractivity contribution is 8.26. The van der Waals surface area contributed by atoms with E-state index in [1.165, 1.54) is 28.8 Å². The third-order valence-corrected chi connectivity index (χ3v) is 5.03. The van der Waals surface area contributed by atoms with Gasteiger partial charge in [-0.25, -0.2) is 4.39 Å². The Labute approximate surface area is 153 Å². The Morgan fingerprint density at radius 1 is 1.25 bits per heavy atom. The number of thiocarbonyl (C=S) groups is 1. The zero-order valence-electron chi connectivity index (χ0n) is 12.3. The van der Waals surface area contributed by atoms with Crippen LogP contribution < -0.4 is 5.32 Å². The summed E-state index contributed by atoms with van der Waals surface area (Å²) in [5, 5.41) is 3.66. The Morgan fingerprint density at radius 3 is 2.79 bits per heavy atom. The van der Waals surface area contributed by atoms with Gasteiger partial charge in [0.2, 0.25) is 0 Å². The molecular formula is C17H12ClFN2OS2. The molecule has 1 heterocycles. The smallest absolute Gasteiger partial charge is 0.267 e. The normalized spacial score (nSPS) is 16.1. The molecule has 0 bridgehead atoms. The second-order valence-corrected chi connectivity index (χ2v) is 7.06. The maximum Gasteiger partial charge on any atom is 0.267 e. The summed E-state index contributed by atoms with van der Waals surface area (Å²) in [6.07, 6.45) is 1.64. The molecule has 2 aromatic rings. The molecule has 0 aromatic heterocycles. The van der Waals surface area contributed by atoms with Gasteiger partial charge in [-0.1, -0.05) is 59.8 Å². The monoisotopic (exact) mass is 378 g/mol. The lowest BCUT2D eigenvalue weighted by atomic mass is 10.2. The van der Waals surface area contributed by atoms with E-state index in [1.807, 2.05) is 18.2 Å². The molecule has 1 fully saturated rings. The Kier molecular flexibility index (Phi) is 5.18. The average molecular weight is 379 g/mol. The van der Waals surface area contributed by atoms with Crippen LogP contribution in [0.4, 0.5) is 10.1 Å². The van der Waals surface area contributed by atoms with Crippen LogP contribution in [0.1, 0.15) is 5.56 Å². The first kappa shape index (κ1) is 17.0. The van der Waals surface area contributed by atoms with Crippen LogP contribution in [0.3, 0.4) is 0 Å². The van der Waals surface area contributed by atoms with Crippen LogP contribution in [-0.4, -0.2) is 21.8 Å². The molecule has 0 saturated carbocycles. The van der Waals surface area contributed by atoms with E-state index in [-0.39, 0.29) is 18.4 Å². The SMILES string of the molecule is O=C1C(=Cc2cccc(F)c2)SC(=S)N1CNc1ccccc1Cl. The van der Waals surface area contributed by atoms with Gasteiger partial charge in [-0.2, -0.15) is 0 Å². The van der Waals surface area contributed by atoms with Crippen molar-refractivity contribution in [2.75, 3.05) is 12.0 Å². The Morgan fingerprint density at radius 2 is 2.04 bits per heavy atom. The molecular weight excluding hydrogens is 367 g/mol. The summed E-state index contributed by atoms with van der Waals surface area (Å²) in [5.74, 6) is -0.562. The van der Waals surface area contributed by atoms with Gasteiger partial charge in [-0.15, -0.1) is 0 Å². The van der Waals surface area contributed by atoms with Gasteiger partial charge < -0.3 is 5.32 Å². The van der Waals surface area contributed by atoms with E-state index in [0.717, 1.165) is 5.69 Å². The molecule has 24 heavy (non-hydrogen) atoms. The maximum absolute atomic E-state index is 13.3. The topological polar surface area (TPSA) is 32.3 Å². The van der Waals surface area contributed by atoms with E-state index in [1.54, 1.807) is 24.3 Å². The molecule has 2 aromatic carbocycles. The third kappa shape index (κ3) is 3.77.